The van der Waals surface area contributed by atoms with Gasteiger partial charge in [-0.2, -0.15) is 0 Å². The topological polar surface area (TPSA) is 108 Å². The summed E-state index contributed by atoms with van der Waals surface area (Å²) in [6, 6.07) is 20.8. The van der Waals surface area contributed by atoms with E-state index < -0.39 is 27.5 Å². The van der Waals surface area contributed by atoms with Gasteiger partial charge in [0.25, 0.3) is 0 Å². The van der Waals surface area contributed by atoms with Crippen LogP contribution in [0.3, 0.4) is 0 Å². The van der Waals surface area contributed by atoms with Crippen molar-refractivity contribution in [2.75, 3.05) is 31.3 Å². The zero-order valence-electron chi connectivity index (χ0n) is 22.0. The standard InChI is InChI=1S/C30H31ClO8S/c1-20(29(32)33)39-30(18-36-19-30)24-5-7-25(8-6-24)37-15-21-3-2-4-23(13-21)27-10-9-26(14-28(27)31)38-16-22-11-12-40(34,35)17-22/h2-10,13-14,20,22H,11-12,15-19H2,1H3,(H,32,33). The van der Waals surface area contributed by atoms with E-state index in [0.29, 0.717) is 49.4 Å². The van der Waals surface area contributed by atoms with Gasteiger partial charge in [-0.15, -0.1) is 0 Å². The van der Waals surface area contributed by atoms with Gasteiger partial charge in [-0.1, -0.05) is 41.9 Å². The zero-order valence-corrected chi connectivity index (χ0v) is 23.6. The Balaban J connectivity index is 1.19. The number of benzene rings is 3. The monoisotopic (exact) mass is 586 g/mol. The molecule has 0 aromatic heterocycles. The van der Waals surface area contributed by atoms with Crippen molar-refractivity contribution in [3.05, 3.63) is 82.9 Å². The summed E-state index contributed by atoms with van der Waals surface area (Å²) in [6.07, 6.45) is -0.314. The molecule has 2 aliphatic rings. The van der Waals surface area contributed by atoms with Crippen LogP contribution in [0.4, 0.5) is 0 Å². The number of ether oxygens (including phenoxy) is 4. The summed E-state index contributed by atoms with van der Waals surface area (Å²) in [7, 11) is -2.93. The van der Waals surface area contributed by atoms with E-state index in [-0.39, 0.29) is 17.4 Å². The molecule has 8 nitrogen and oxygen atoms in total. The maximum Gasteiger partial charge on any atom is 0.332 e. The average molecular weight is 587 g/mol. The van der Waals surface area contributed by atoms with Crippen LogP contribution in [0.2, 0.25) is 5.02 Å². The van der Waals surface area contributed by atoms with Gasteiger partial charge in [0.1, 0.15) is 23.7 Å². The number of sulfone groups is 1. The van der Waals surface area contributed by atoms with Crippen molar-refractivity contribution >= 4 is 27.4 Å². The number of carbonyl (C=O) groups is 1. The number of rotatable bonds is 11. The molecule has 212 valence electrons. The summed E-state index contributed by atoms with van der Waals surface area (Å²) in [5.41, 5.74) is 2.83. The first kappa shape index (κ1) is 28.4. The van der Waals surface area contributed by atoms with Gasteiger partial charge in [0, 0.05) is 11.5 Å². The fraction of sp³-hybridized carbons (Fsp3) is 0.367. The fourth-order valence-corrected chi connectivity index (χ4v) is 6.99. The minimum absolute atomic E-state index is 0.0126. The molecule has 2 heterocycles. The second-order valence-corrected chi connectivity index (χ2v) is 13.0. The first-order chi connectivity index (χ1) is 19.1. The highest BCUT2D eigenvalue weighted by Gasteiger charge is 2.44. The number of aliphatic carboxylic acids is 1. The highest BCUT2D eigenvalue weighted by atomic mass is 35.5. The molecule has 0 saturated carbocycles. The maximum atomic E-state index is 11.7. The molecule has 2 unspecified atom stereocenters. The number of hydrogen-bond donors (Lipinski definition) is 1. The van der Waals surface area contributed by atoms with E-state index in [0.717, 1.165) is 22.3 Å². The van der Waals surface area contributed by atoms with Crippen LogP contribution in [0.25, 0.3) is 11.1 Å². The van der Waals surface area contributed by atoms with Gasteiger partial charge in [-0.05, 0) is 66.4 Å². The Kier molecular flexibility index (Phi) is 8.37. The number of hydrogen-bond acceptors (Lipinski definition) is 7. The van der Waals surface area contributed by atoms with Crippen LogP contribution >= 0.6 is 11.6 Å². The quantitative estimate of drug-likeness (QED) is 0.330. The Morgan fingerprint density at radius 1 is 1.07 bits per heavy atom. The van der Waals surface area contributed by atoms with E-state index >= 15 is 0 Å². The minimum Gasteiger partial charge on any atom is -0.493 e. The Labute approximate surface area is 238 Å². The van der Waals surface area contributed by atoms with E-state index in [9.17, 15) is 18.3 Å². The molecule has 3 aromatic rings. The van der Waals surface area contributed by atoms with Gasteiger partial charge >= 0.3 is 5.97 Å². The Bertz CT molecular complexity index is 1470. The fourth-order valence-electron chi connectivity index (χ4n) is 4.87. The summed E-state index contributed by atoms with van der Waals surface area (Å²) >= 11 is 6.59. The van der Waals surface area contributed by atoms with Gasteiger partial charge in [0.05, 0.1) is 36.3 Å². The molecule has 2 saturated heterocycles. The van der Waals surface area contributed by atoms with Crippen molar-refractivity contribution in [2.45, 2.75) is 31.7 Å². The van der Waals surface area contributed by atoms with Crippen molar-refractivity contribution in [1.29, 1.82) is 0 Å². The van der Waals surface area contributed by atoms with Gasteiger partial charge in [-0.3, -0.25) is 0 Å². The van der Waals surface area contributed by atoms with E-state index in [1.165, 1.54) is 6.92 Å². The van der Waals surface area contributed by atoms with Crippen LogP contribution in [-0.2, 0) is 36.3 Å². The maximum absolute atomic E-state index is 11.7. The third kappa shape index (κ3) is 6.61. The highest BCUT2D eigenvalue weighted by molar-refractivity contribution is 7.91. The van der Waals surface area contributed by atoms with Crippen LogP contribution in [0.5, 0.6) is 11.5 Å². The predicted octanol–water partition coefficient (Wildman–Crippen LogP) is 5.11. The van der Waals surface area contributed by atoms with Gasteiger partial charge in [0.15, 0.2) is 15.9 Å². The van der Waals surface area contributed by atoms with Crippen molar-refractivity contribution in [3.8, 4) is 22.6 Å². The molecule has 3 aromatic carbocycles. The molecule has 2 atom stereocenters. The van der Waals surface area contributed by atoms with Crippen molar-refractivity contribution in [1.82, 2.24) is 0 Å². The van der Waals surface area contributed by atoms with Crippen LogP contribution in [-0.4, -0.2) is 56.9 Å². The normalized spacial score (nSPS) is 19.9. The predicted molar refractivity (Wildman–Crippen MR) is 151 cm³/mol. The number of halogens is 1. The van der Waals surface area contributed by atoms with Crippen molar-refractivity contribution < 1.29 is 37.3 Å². The largest absolute Gasteiger partial charge is 0.493 e. The highest BCUT2D eigenvalue weighted by Crippen LogP contribution is 2.36. The first-order valence-electron chi connectivity index (χ1n) is 13.1. The first-order valence-corrected chi connectivity index (χ1v) is 15.3. The lowest BCUT2D eigenvalue weighted by atomic mass is 9.91. The molecule has 2 fully saturated rings. The SMILES string of the molecule is CC(OC1(c2ccc(OCc3cccc(-c4ccc(OCC5CCS(=O)(=O)C5)cc4Cl)c3)cc2)COC1)C(=O)O. The molecular weight excluding hydrogens is 556 g/mol. The van der Waals surface area contributed by atoms with E-state index in [2.05, 4.69) is 0 Å². The molecule has 5 rings (SSSR count). The molecule has 0 bridgehead atoms. The summed E-state index contributed by atoms with van der Waals surface area (Å²) in [5.74, 6) is 0.681. The third-order valence-corrected chi connectivity index (χ3v) is 9.35. The van der Waals surface area contributed by atoms with Crippen LogP contribution in [0.1, 0.15) is 24.5 Å². The number of carboxylic acid groups (broad SMARTS) is 1. The Morgan fingerprint density at radius 3 is 2.45 bits per heavy atom. The van der Waals surface area contributed by atoms with Crippen molar-refractivity contribution in [2.24, 2.45) is 5.92 Å². The van der Waals surface area contributed by atoms with E-state index in [1.807, 2.05) is 60.7 Å². The average Bonchev–Trinajstić information content (AvgIpc) is 3.27. The summed E-state index contributed by atoms with van der Waals surface area (Å²) in [6.45, 7) is 2.82. The molecule has 10 heteroatoms. The molecule has 0 spiro atoms. The van der Waals surface area contributed by atoms with Crippen molar-refractivity contribution in [3.63, 3.8) is 0 Å². The molecular formula is C30H31ClO8S. The molecule has 0 radical (unpaired) electrons. The van der Waals surface area contributed by atoms with Gasteiger partial charge in [-0.25, -0.2) is 13.2 Å². The van der Waals surface area contributed by atoms with Crippen LogP contribution in [0.15, 0.2) is 66.7 Å². The van der Waals surface area contributed by atoms with E-state index in [1.54, 1.807) is 6.07 Å². The smallest absolute Gasteiger partial charge is 0.332 e. The Hall–Kier alpha value is -3.11. The molecule has 0 amide bonds. The van der Waals surface area contributed by atoms with Crippen LogP contribution in [0, 0.1) is 5.92 Å². The minimum atomic E-state index is -2.93. The lowest BCUT2D eigenvalue weighted by molar-refractivity contribution is -0.237. The lowest BCUT2D eigenvalue weighted by Gasteiger charge is -2.42. The molecule has 0 aliphatic carbocycles. The number of carboxylic acids is 1. The molecule has 1 N–H and O–H groups in total. The van der Waals surface area contributed by atoms with Gasteiger partial charge < -0.3 is 24.1 Å². The lowest BCUT2D eigenvalue weighted by Crippen LogP contribution is -2.51. The summed E-state index contributed by atoms with van der Waals surface area (Å²) in [5, 5.41) is 9.75. The van der Waals surface area contributed by atoms with Crippen LogP contribution < -0.4 is 9.47 Å². The summed E-state index contributed by atoms with van der Waals surface area (Å²) < 4.78 is 46.3. The second kappa shape index (κ2) is 11.8. The zero-order chi connectivity index (χ0) is 28.3. The summed E-state index contributed by atoms with van der Waals surface area (Å²) in [4.78, 5) is 11.2. The van der Waals surface area contributed by atoms with Gasteiger partial charge in [0.2, 0.25) is 0 Å². The molecule has 2 aliphatic heterocycles. The second-order valence-electron chi connectivity index (χ2n) is 10.3. The third-order valence-electron chi connectivity index (χ3n) is 7.20. The molecule has 40 heavy (non-hydrogen) atoms. The van der Waals surface area contributed by atoms with E-state index in [4.69, 9.17) is 30.5 Å². The Morgan fingerprint density at radius 2 is 1.82 bits per heavy atom.